The van der Waals surface area contributed by atoms with Gasteiger partial charge < -0.3 is 10.4 Å². The predicted molar refractivity (Wildman–Crippen MR) is 63.3 cm³/mol. The minimum atomic E-state index is -0.948. The fourth-order valence-electron chi connectivity index (χ4n) is 3.10. The predicted octanol–water partition coefficient (Wildman–Crippen LogP) is 1.65. The summed E-state index contributed by atoms with van der Waals surface area (Å²) in [4.78, 5) is 23.2. The SMILES string of the molecule is CC(C)(C)[C@H](NC(=O)C1C2CCCC21)C(=O)O. The van der Waals surface area contributed by atoms with Crippen LogP contribution in [0.25, 0.3) is 0 Å². The molecule has 1 amide bonds. The van der Waals surface area contributed by atoms with Crippen molar-refractivity contribution >= 4 is 11.9 Å². The number of rotatable bonds is 3. The Morgan fingerprint density at radius 3 is 2.18 bits per heavy atom. The Bertz CT molecular complexity index is 335. The lowest BCUT2D eigenvalue weighted by Crippen LogP contribution is -2.49. The molecule has 17 heavy (non-hydrogen) atoms. The highest BCUT2D eigenvalue weighted by atomic mass is 16.4. The van der Waals surface area contributed by atoms with E-state index < -0.39 is 17.4 Å². The number of carbonyl (C=O) groups excluding carboxylic acids is 1. The van der Waals surface area contributed by atoms with Crippen molar-refractivity contribution in [1.29, 1.82) is 0 Å². The number of amides is 1. The molecular weight excluding hydrogens is 218 g/mol. The first-order chi connectivity index (χ1) is 7.82. The average Bonchev–Trinajstić information content (AvgIpc) is 2.66. The fraction of sp³-hybridized carbons (Fsp3) is 0.846. The molecule has 2 N–H and O–H groups in total. The molecular formula is C13H21NO3. The van der Waals surface area contributed by atoms with Gasteiger partial charge in [-0.05, 0) is 30.1 Å². The number of carbonyl (C=O) groups is 2. The summed E-state index contributed by atoms with van der Waals surface area (Å²) in [6.07, 6.45) is 3.49. The molecule has 2 rings (SSSR count). The zero-order chi connectivity index (χ0) is 12.8. The number of nitrogens with one attached hydrogen (secondary N) is 1. The van der Waals surface area contributed by atoms with Gasteiger partial charge in [-0.25, -0.2) is 4.79 Å². The average molecular weight is 239 g/mol. The van der Waals surface area contributed by atoms with E-state index in [-0.39, 0.29) is 11.8 Å². The molecule has 0 spiro atoms. The summed E-state index contributed by atoms with van der Waals surface area (Å²) in [5.41, 5.74) is -0.453. The summed E-state index contributed by atoms with van der Waals surface area (Å²) in [7, 11) is 0. The van der Waals surface area contributed by atoms with E-state index >= 15 is 0 Å². The second kappa shape index (κ2) is 4.00. The van der Waals surface area contributed by atoms with Crippen molar-refractivity contribution < 1.29 is 14.7 Å². The van der Waals surface area contributed by atoms with Crippen LogP contribution in [0, 0.1) is 23.2 Å². The van der Waals surface area contributed by atoms with Gasteiger partial charge in [0.1, 0.15) is 6.04 Å². The molecule has 0 heterocycles. The number of carboxylic acid groups (broad SMARTS) is 1. The molecule has 2 aliphatic carbocycles. The maximum atomic E-state index is 12.0. The third kappa shape index (κ3) is 2.31. The molecule has 2 aliphatic rings. The monoisotopic (exact) mass is 239 g/mol. The zero-order valence-corrected chi connectivity index (χ0v) is 10.7. The van der Waals surface area contributed by atoms with E-state index in [1.54, 1.807) is 0 Å². The maximum absolute atomic E-state index is 12.0. The van der Waals surface area contributed by atoms with Crippen LogP contribution in [-0.4, -0.2) is 23.0 Å². The summed E-state index contributed by atoms with van der Waals surface area (Å²) in [5, 5.41) is 11.9. The molecule has 0 radical (unpaired) electrons. The Kier molecular flexibility index (Phi) is 2.92. The summed E-state index contributed by atoms with van der Waals surface area (Å²) in [6.45, 7) is 5.50. The highest BCUT2D eigenvalue weighted by Crippen LogP contribution is 2.57. The van der Waals surface area contributed by atoms with E-state index in [9.17, 15) is 9.59 Å². The van der Waals surface area contributed by atoms with Gasteiger partial charge in [-0.15, -0.1) is 0 Å². The molecule has 2 fully saturated rings. The molecule has 0 aromatic heterocycles. The second-order valence-electron chi connectivity index (χ2n) is 6.43. The Balaban J connectivity index is 1.95. The lowest BCUT2D eigenvalue weighted by molar-refractivity contribution is -0.145. The molecule has 0 aliphatic heterocycles. The van der Waals surface area contributed by atoms with E-state index in [4.69, 9.17) is 5.11 Å². The highest BCUT2D eigenvalue weighted by molar-refractivity contribution is 5.87. The van der Waals surface area contributed by atoms with E-state index in [0.29, 0.717) is 11.8 Å². The normalized spacial score (nSPS) is 32.8. The second-order valence-corrected chi connectivity index (χ2v) is 6.43. The van der Waals surface area contributed by atoms with Crippen LogP contribution in [0.4, 0.5) is 0 Å². The number of aliphatic carboxylic acids is 1. The van der Waals surface area contributed by atoms with Crippen molar-refractivity contribution in [2.45, 2.75) is 46.1 Å². The number of fused-ring (bicyclic) bond motifs is 1. The fourth-order valence-corrected chi connectivity index (χ4v) is 3.10. The van der Waals surface area contributed by atoms with Crippen LogP contribution in [0.2, 0.25) is 0 Å². The van der Waals surface area contributed by atoms with Crippen molar-refractivity contribution in [2.24, 2.45) is 23.2 Å². The van der Waals surface area contributed by atoms with Gasteiger partial charge in [0, 0.05) is 5.92 Å². The van der Waals surface area contributed by atoms with E-state index in [1.165, 1.54) is 6.42 Å². The van der Waals surface area contributed by atoms with Gasteiger partial charge in [-0.2, -0.15) is 0 Å². The van der Waals surface area contributed by atoms with E-state index in [1.807, 2.05) is 20.8 Å². The third-order valence-corrected chi connectivity index (χ3v) is 4.11. The molecule has 3 atom stereocenters. The maximum Gasteiger partial charge on any atom is 0.326 e. The summed E-state index contributed by atoms with van der Waals surface area (Å²) >= 11 is 0. The van der Waals surface area contributed by atoms with Crippen LogP contribution < -0.4 is 5.32 Å². The third-order valence-electron chi connectivity index (χ3n) is 4.11. The number of carboxylic acids is 1. The van der Waals surface area contributed by atoms with Crippen LogP contribution >= 0.6 is 0 Å². The number of hydrogen-bond donors (Lipinski definition) is 2. The molecule has 4 heteroatoms. The Labute approximate surface area is 102 Å². The van der Waals surface area contributed by atoms with Gasteiger partial charge in [0.2, 0.25) is 5.91 Å². The largest absolute Gasteiger partial charge is 0.480 e. The number of hydrogen-bond acceptors (Lipinski definition) is 2. The molecule has 2 saturated carbocycles. The van der Waals surface area contributed by atoms with Crippen LogP contribution in [0.3, 0.4) is 0 Å². The molecule has 0 aromatic rings. The summed E-state index contributed by atoms with van der Waals surface area (Å²) < 4.78 is 0. The van der Waals surface area contributed by atoms with Gasteiger partial charge in [0.25, 0.3) is 0 Å². The molecule has 2 unspecified atom stereocenters. The van der Waals surface area contributed by atoms with Crippen molar-refractivity contribution in [1.82, 2.24) is 5.32 Å². The molecule has 4 nitrogen and oxygen atoms in total. The minimum absolute atomic E-state index is 0.0537. The van der Waals surface area contributed by atoms with E-state index in [2.05, 4.69) is 5.32 Å². The Hall–Kier alpha value is -1.06. The van der Waals surface area contributed by atoms with Crippen molar-refractivity contribution in [2.75, 3.05) is 0 Å². The van der Waals surface area contributed by atoms with Crippen molar-refractivity contribution in [3.8, 4) is 0 Å². The minimum Gasteiger partial charge on any atom is -0.480 e. The summed E-state index contributed by atoms with van der Waals surface area (Å²) in [6, 6.07) is -0.795. The van der Waals surface area contributed by atoms with Gasteiger partial charge in [0.15, 0.2) is 0 Å². The van der Waals surface area contributed by atoms with Gasteiger partial charge in [-0.1, -0.05) is 27.2 Å². The smallest absolute Gasteiger partial charge is 0.326 e. The Morgan fingerprint density at radius 2 is 1.76 bits per heavy atom. The molecule has 0 bridgehead atoms. The summed E-state index contributed by atoms with van der Waals surface area (Å²) in [5.74, 6) is 0.153. The Morgan fingerprint density at radius 1 is 1.24 bits per heavy atom. The first kappa shape index (κ1) is 12.4. The van der Waals surface area contributed by atoms with Crippen LogP contribution in [-0.2, 0) is 9.59 Å². The quantitative estimate of drug-likeness (QED) is 0.787. The first-order valence-corrected chi connectivity index (χ1v) is 6.35. The van der Waals surface area contributed by atoms with Gasteiger partial charge in [-0.3, -0.25) is 4.79 Å². The van der Waals surface area contributed by atoms with Crippen LogP contribution in [0.15, 0.2) is 0 Å². The zero-order valence-electron chi connectivity index (χ0n) is 10.7. The van der Waals surface area contributed by atoms with Gasteiger partial charge in [0.05, 0.1) is 0 Å². The van der Waals surface area contributed by atoms with E-state index in [0.717, 1.165) is 12.8 Å². The van der Waals surface area contributed by atoms with Crippen LogP contribution in [0.5, 0.6) is 0 Å². The van der Waals surface area contributed by atoms with Gasteiger partial charge >= 0.3 is 5.97 Å². The highest BCUT2D eigenvalue weighted by Gasteiger charge is 2.57. The first-order valence-electron chi connectivity index (χ1n) is 6.35. The molecule has 0 aromatic carbocycles. The van der Waals surface area contributed by atoms with Crippen molar-refractivity contribution in [3.05, 3.63) is 0 Å². The lowest BCUT2D eigenvalue weighted by atomic mass is 9.86. The van der Waals surface area contributed by atoms with Crippen LogP contribution in [0.1, 0.15) is 40.0 Å². The topological polar surface area (TPSA) is 66.4 Å². The lowest BCUT2D eigenvalue weighted by Gasteiger charge is -2.28. The molecule has 96 valence electrons. The standard InChI is InChI=1S/C13H21NO3/c1-13(2,3)10(12(16)17)14-11(15)9-7-5-4-6-8(7)9/h7-10H,4-6H2,1-3H3,(H,14,15)(H,16,17)/t7?,8?,9?,10-/m1/s1. The molecule has 0 saturated heterocycles. The van der Waals surface area contributed by atoms with Crippen molar-refractivity contribution in [3.63, 3.8) is 0 Å².